The molecule has 0 spiro atoms. The maximum atomic E-state index is 12.2. The molecule has 22 heavy (non-hydrogen) atoms. The van der Waals surface area contributed by atoms with E-state index in [4.69, 9.17) is 4.74 Å². The highest BCUT2D eigenvalue weighted by Crippen LogP contribution is 2.38. The van der Waals surface area contributed by atoms with E-state index in [-0.39, 0.29) is 5.97 Å². The van der Waals surface area contributed by atoms with Gasteiger partial charge in [-0.15, -0.1) is 11.3 Å². The number of benzene rings is 1. The predicted molar refractivity (Wildman–Crippen MR) is 92.2 cm³/mol. The smallest absolute Gasteiger partial charge is 0.341 e. The third kappa shape index (κ3) is 3.74. The molecule has 0 saturated carbocycles. The molecule has 0 amide bonds. The molecule has 0 aliphatic heterocycles. The zero-order valence-electron chi connectivity index (χ0n) is 13.3. The SMILES string of the molecule is CCOC(=O)c1cc(-c2ccccc2)sc1/N=C(\C)N(C)C. The molecule has 1 aromatic heterocycles. The fraction of sp³-hybridized carbons (Fsp3) is 0.294. The second-order valence-electron chi connectivity index (χ2n) is 4.97. The number of rotatable bonds is 4. The lowest BCUT2D eigenvalue weighted by Gasteiger charge is -2.10. The Hall–Kier alpha value is -2.14. The van der Waals surface area contributed by atoms with Crippen molar-refractivity contribution in [1.29, 1.82) is 0 Å². The van der Waals surface area contributed by atoms with Crippen LogP contribution in [-0.2, 0) is 4.74 Å². The molecular weight excluding hydrogens is 296 g/mol. The lowest BCUT2D eigenvalue weighted by molar-refractivity contribution is 0.0528. The summed E-state index contributed by atoms with van der Waals surface area (Å²) < 4.78 is 5.14. The van der Waals surface area contributed by atoms with E-state index in [1.165, 1.54) is 11.3 Å². The minimum Gasteiger partial charge on any atom is -0.462 e. The quantitative estimate of drug-likeness (QED) is 0.482. The summed E-state index contributed by atoms with van der Waals surface area (Å²) in [6.07, 6.45) is 0. The van der Waals surface area contributed by atoms with Crippen LogP contribution in [0.15, 0.2) is 41.4 Å². The van der Waals surface area contributed by atoms with Gasteiger partial charge in [-0.2, -0.15) is 0 Å². The van der Waals surface area contributed by atoms with Gasteiger partial charge in [-0.25, -0.2) is 9.79 Å². The summed E-state index contributed by atoms with van der Waals surface area (Å²) in [6.45, 7) is 4.07. The number of nitrogens with zero attached hydrogens (tertiary/aromatic N) is 2. The van der Waals surface area contributed by atoms with Gasteiger partial charge in [-0.1, -0.05) is 30.3 Å². The van der Waals surface area contributed by atoms with E-state index in [1.807, 2.05) is 62.3 Å². The Morgan fingerprint density at radius 2 is 1.95 bits per heavy atom. The van der Waals surface area contributed by atoms with Crippen molar-refractivity contribution in [3.05, 3.63) is 42.0 Å². The number of amidine groups is 1. The molecule has 0 atom stereocenters. The average Bonchev–Trinajstić information content (AvgIpc) is 2.92. The molecule has 0 unspecified atom stereocenters. The predicted octanol–water partition coefficient (Wildman–Crippen LogP) is 4.20. The standard InChI is InChI=1S/C17H20N2O2S/c1-5-21-17(20)14-11-15(13-9-7-6-8-10-13)22-16(14)18-12(2)19(3)4/h6-11H,5H2,1-4H3/b18-12+. The van der Waals surface area contributed by atoms with Crippen LogP contribution in [0.3, 0.4) is 0 Å². The molecule has 4 nitrogen and oxygen atoms in total. The van der Waals surface area contributed by atoms with Crippen LogP contribution in [0.2, 0.25) is 0 Å². The molecule has 1 aromatic carbocycles. The van der Waals surface area contributed by atoms with Gasteiger partial charge in [0.25, 0.3) is 0 Å². The Morgan fingerprint density at radius 3 is 2.55 bits per heavy atom. The van der Waals surface area contributed by atoms with Crippen molar-refractivity contribution in [3.63, 3.8) is 0 Å². The molecule has 116 valence electrons. The van der Waals surface area contributed by atoms with Crippen LogP contribution >= 0.6 is 11.3 Å². The molecular formula is C17H20N2O2S. The monoisotopic (exact) mass is 316 g/mol. The van der Waals surface area contributed by atoms with Crippen molar-refractivity contribution in [2.24, 2.45) is 4.99 Å². The van der Waals surface area contributed by atoms with Crippen LogP contribution < -0.4 is 0 Å². The summed E-state index contributed by atoms with van der Waals surface area (Å²) in [4.78, 5) is 19.7. The lowest BCUT2D eigenvalue weighted by atomic mass is 10.1. The van der Waals surface area contributed by atoms with Crippen molar-refractivity contribution in [3.8, 4) is 10.4 Å². The minimum absolute atomic E-state index is 0.328. The number of hydrogen-bond donors (Lipinski definition) is 0. The first kappa shape index (κ1) is 16.2. The highest BCUT2D eigenvalue weighted by molar-refractivity contribution is 7.19. The maximum absolute atomic E-state index is 12.2. The van der Waals surface area contributed by atoms with Crippen molar-refractivity contribution in [2.75, 3.05) is 20.7 Å². The van der Waals surface area contributed by atoms with Gasteiger partial charge >= 0.3 is 5.97 Å². The van der Waals surface area contributed by atoms with E-state index >= 15 is 0 Å². The van der Waals surface area contributed by atoms with Gasteiger partial charge in [0, 0.05) is 19.0 Å². The number of carbonyl (C=O) groups excluding carboxylic acids is 1. The zero-order valence-corrected chi connectivity index (χ0v) is 14.1. The van der Waals surface area contributed by atoms with Crippen LogP contribution in [0.5, 0.6) is 0 Å². The van der Waals surface area contributed by atoms with Crippen molar-refractivity contribution < 1.29 is 9.53 Å². The fourth-order valence-electron chi connectivity index (χ4n) is 1.81. The fourth-order valence-corrected chi connectivity index (χ4v) is 2.88. The molecule has 0 radical (unpaired) electrons. The molecule has 0 saturated heterocycles. The summed E-state index contributed by atoms with van der Waals surface area (Å²) in [5.41, 5.74) is 1.59. The minimum atomic E-state index is -0.328. The molecule has 2 aromatic rings. The molecule has 0 N–H and O–H groups in total. The van der Waals surface area contributed by atoms with Gasteiger partial charge in [0.2, 0.25) is 0 Å². The Balaban J connectivity index is 2.48. The Labute approximate surface area is 135 Å². The van der Waals surface area contributed by atoms with Gasteiger partial charge in [0.15, 0.2) is 0 Å². The first-order valence-electron chi connectivity index (χ1n) is 7.12. The third-order valence-corrected chi connectivity index (χ3v) is 4.25. The second kappa shape index (κ2) is 7.22. The zero-order chi connectivity index (χ0) is 16.1. The van der Waals surface area contributed by atoms with E-state index in [0.29, 0.717) is 17.2 Å². The van der Waals surface area contributed by atoms with Crippen LogP contribution in [0, 0.1) is 0 Å². The number of esters is 1. The van der Waals surface area contributed by atoms with E-state index < -0.39 is 0 Å². The van der Waals surface area contributed by atoms with Crippen LogP contribution in [0.4, 0.5) is 5.00 Å². The molecule has 5 heteroatoms. The van der Waals surface area contributed by atoms with Crippen LogP contribution in [-0.4, -0.2) is 37.4 Å². The highest BCUT2D eigenvalue weighted by atomic mass is 32.1. The van der Waals surface area contributed by atoms with Crippen LogP contribution in [0.25, 0.3) is 10.4 Å². The largest absolute Gasteiger partial charge is 0.462 e. The van der Waals surface area contributed by atoms with Crippen LogP contribution in [0.1, 0.15) is 24.2 Å². The first-order chi connectivity index (χ1) is 10.5. The summed E-state index contributed by atoms with van der Waals surface area (Å²) in [6, 6.07) is 11.8. The second-order valence-corrected chi connectivity index (χ2v) is 6.00. The molecule has 0 bridgehead atoms. The van der Waals surface area contributed by atoms with Gasteiger partial charge in [0.1, 0.15) is 10.8 Å². The molecule has 0 fully saturated rings. The highest BCUT2D eigenvalue weighted by Gasteiger charge is 2.18. The molecule has 0 aliphatic carbocycles. The van der Waals surface area contributed by atoms with E-state index in [1.54, 1.807) is 6.92 Å². The van der Waals surface area contributed by atoms with Gasteiger partial charge < -0.3 is 9.64 Å². The molecule has 2 rings (SSSR count). The topological polar surface area (TPSA) is 41.9 Å². The summed E-state index contributed by atoms with van der Waals surface area (Å²) in [5, 5.41) is 0.684. The van der Waals surface area contributed by atoms with Crippen molar-refractivity contribution in [1.82, 2.24) is 4.90 Å². The average molecular weight is 316 g/mol. The van der Waals surface area contributed by atoms with Crippen molar-refractivity contribution in [2.45, 2.75) is 13.8 Å². The lowest BCUT2D eigenvalue weighted by Crippen LogP contribution is -2.17. The van der Waals surface area contributed by atoms with E-state index in [9.17, 15) is 4.79 Å². The van der Waals surface area contributed by atoms with Gasteiger partial charge in [-0.3, -0.25) is 0 Å². The summed E-state index contributed by atoms with van der Waals surface area (Å²) in [5.74, 6) is 0.512. The normalized spacial score (nSPS) is 11.4. The first-order valence-corrected chi connectivity index (χ1v) is 7.93. The number of carbonyl (C=O) groups is 1. The van der Waals surface area contributed by atoms with Crippen molar-refractivity contribution >= 4 is 28.1 Å². The molecule has 0 aliphatic rings. The van der Waals surface area contributed by atoms with Gasteiger partial charge in [-0.05, 0) is 25.5 Å². The van der Waals surface area contributed by atoms with Gasteiger partial charge in [0.05, 0.1) is 12.2 Å². The summed E-state index contributed by atoms with van der Waals surface area (Å²) in [7, 11) is 3.85. The maximum Gasteiger partial charge on any atom is 0.341 e. The third-order valence-electron chi connectivity index (χ3n) is 3.18. The summed E-state index contributed by atoms with van der Waals surface area (Å²) >= 11 is 1.50. The Morgan fingerprint density at radius 1 is 1.27 bits per heavy atom. The number of ether oxygens (including phenoxy) is 1. The van der Waals surface area contributed by atoms with E-state index in [0.717, 1.165) is 16.3 Å². The Bertz CT molecular complexity index is 675. The number of aliphatic imine (C=N–C) groups is 1. The Kier molecular flexibility index (Phi) is 5.33. The number of hydrogen-bond acceptors (Lipinski definition) is 4. The molecule has 1 heterocycles. The van der Waals surface area contributed by atoms with E-state index in [2.05, 4.69) is 4.99 Å². The number of thiophene rings is 1.